The van der Waals surface area contributed by atoms with E-state index in [1.165, 1.54) is 6.07 Å². The summed E-state index contributed by atoms with van der Waals surface area (Å²) >= 11 is 0. The molecule has 132 valence electrons. The number of nitrogens with one attached hydrogen (secondary N) is 2. The fourth-order valence-electron chi connectivity index (χ4n) is 3.23. The molecule has 2 aromatic heterocycles. The highest BCUT2D eigenvalue weighted by Gasteiger charge is 2.32. The quantitative estimate of drug-likeness (QED) is 0.897. The van der Waals surface area contributed by atoms with Crippen molar-refractivity contribution in [2.24, 2.45) is 5.41 Å². The summed E-state index contributed by atoms with van der Waals surface area (Å²) in [6.45, 7) is 7.56. The lowest BCUT2D eigenvalue weighted by Crippen LogP contribution is -2.35. The first kappa shape index (κ1) is 17.2. The smallest absolute Gasteiger partial charge is 0.261 e. The number of carbonyl (C=O) groups excluding carboxylic acids is 2. The Morgan fingerprint density at radius 1 is 1.28 bits per heavy atom. The van der Waals surface area contributed by atoms with E-state index in [2.05, 4.69) is 10.3 Å². The summed E-state index contributed by atoms with van der Waals surface area (Å²) in [5.41, 5.74) is 0.317. The van der Waals surface area contributed by atoms with Gasteiger partial charge in [0.05, 0.1) is 6.04 Å². The monoisotopic (exact) mass is 342 g/mol. The molecule has 0 saturated heterocycles. The third kappa shape index (κ3) is 3.43. The number of hydrogen-bond donors (Lipinski definition) is 2. The van der Waals surface area contributed by atoms with Gasteiger partial charge in [-0.15, -0.1) is 0 Å². The van der Waals surface area contributed by atoms with Gasteiger partial charge in [-0.1, -0.05) is 13.8 Å². The Balaban J connectivity index is 1.88. The third-order valence-electron chi connectivity index (χ3n) is 4.50. The van der Waals surface area contributed by atoms with Gasteiger partial charge < -0.3 is 14.7 Å². The summed E-state index contributed by atoms with van der Waals surface area (Å²) < 4.78 is 5.49. The Morgan fingerprint density at radius 2 is 2.00 bits per heavy atom. The van der Waals surface area contributed by atoms with Crippen LogP contribution in [0.1, 0.15) is 71.2 Å². The van der Waals surface area contributed by atoms with Crippen LogP contribution in [-0.2, 0) is 6.42 Å². The van der Waals surface area contributed by atoms with Gasteiger partial charge in [-0.3, -0.25) is 14.4 Å². The summed E-state index contributed by atoms with van der Waals surface area (Å²) in [6, 6.07) is 4.63. The molecule has 0 aliphatic heterocycles. The van der Waals surface area contributed by atoms with Gasteiger partial charge in [-0.25, -0.2) is 0 Å². The number of hydrogen-bond acceptors (Lipinski definition) is 4. The van der Waals surface area contributed by atoms with E-state index < -0.39 is 11.5 Å². The Kier molecular flexibility index (Phi) is 4.14. The van der Waals surface area contributed by atoms with E-state index in [1.807, 2.05) is 26.8 Å². The van der Waals surface area contributed by atoms with Crippen molar-refractivity contribution >= 4 is 11.7 Å². The van der Waals surface area contributed by atoms with E-state index in [-0.39, 0.29) is 22.8 Å². The summed E-state index contributed by atoms with van der Waals surface area (Å²) in [4.78, 5) is 39.9. The Bertz CT molecular complexity index is 904. The van der Waals surface area contributed by atoms with E-state index >= 15 is 0 Å². The van der Waals surface area contributed by atoms with Crippen LogP contribution in [0, 0.1) is 12.3 Å². The van der Waals surface area contributed by atoms with E-state index in [4.69, 9.17) is 4.42 Å². The summed E-state index contributed by atoms with van der Waals surface area (Å²) in [7, 11) is 0. The maximum Gasteiger partial charge on any atom is 0.261 e. The molecule has 2 aromatic rings. The second-order valence-corrected chi connectivity index (χ2v) is 7.49. The van der Waals surface area contributed by atoms with Gasteiger partial charge in [-0.2, -0.15) is 0 Å². The molecule has 6 heteroatoms. The van der Waals surface area contributed by atoms with Crippen molar-refractivity contribution in [3.63, 3.8) is 0 Å². The molecule has 0 aromatic carbocycles. The largest absolute Gasteiger partial charge is 0.464 e. The first-order chi connectivity index (χ1) is 11.7. The van der Waals surface area contributed by atoms with Gasteiger partial charge in [0.1, 0.15) is 17.1 Å². The van der Waals surface area contributed by atoms with E-state index in [1.54, 1.807) is 13.0 Å². The molecule has 0 unspecified atom stereocenters. The molecule has 1 aliphatic rings. The van der Waals surface area contributed by atoms with Crippen LogP contribution in [0.2, 0.25) is 0 Å². The lowest BCUT2D eigenvalue weighted by atomic mass is 9.75. The number of ketones is 1. The van der Waals surface area contributed by atoms with Crippen molar-refractivity contribution < 1.29 is 14.0 Å². The Hall–Kier alpha value is -2.63. The van der Waals surface area contributed by atoms with E-state index in [0.29, 0.717) is 29.9 Å². The molecule has 0 saturated carbocycles. The number of H-pyrrole nitrogens is 1. The second kappa shape index (κ2) is 6.02. The number of aromatic amines is 1. The average Bonchev–Trinajstić information content (AvgIpc) is 2.91. The zero-order valence-electron chi connectivity index (χ0n) is 14.9. The minimum Gasteiger partial charge on any atom is -0.464 e. The average molecular weight is 342 g/mol. The van der Waals surface area contributed by atoms with Gasteiger partial charge in [0.2, 0.25) is 0 Å². The van der Waals surface area contributed by atoms with Crippen molar-refractivity contribution in [3.05, 3.63) is 56.9 Å². The maximum atomic E-state index is 12.5. The molecule has 0 radical (unpaired) electrons. The predicted octanol–water partition coefficient (Wildman–Crippen LogP) is 2.92. The third-order valence-corrected chi connectivity index (χ3v) is 4.50. The molecule has 25 heavy (non-hydrogen) atoms. The molecule has 0 fully saturated rings. The van der Waals surface area contributed by atoms with Crippen LogP contribution in [0.15, 0.2) is 27.4 Å². The van der Waals surface area contributed by atoms with Crippen LogP contribution in [-0.4, -0.2) is 16.7 Å². The van der Waals surface area contributed by atoms with Gasteiger partial charge in [0.25, 0.3) is 11.5 Å². The van der Waals surface area contributed by atoms with Crippen LogP contribution < -0.4 is 10.9 Å². The molecule has 2 heterocycles. The molecule has 1 atom stereocenters. The number of aryl methyl sites for hydroxylation is 1. The van der Waals surface area contributed by atoms with Crippen molar-refractivity contribution in [1.29, 1.82) is 0 Å². The summed E-state index contributed by atoms with van der Waals surface area (Å²) in [5.74, 6) is 0.781. The first-order valence-corrected chi connectivity index (χ1v) is 8.33. The van der Waals surface area contributed by atoms with E-state index in [9.17, 15) is 14.4 Å². The normalized spacial score (nSPS) is 17.0. The van der Waals surface area contributed by atoms with Crippen molar-refractivity contribution in [3.8, 4) is 0 Å². The van der Waals surface area contributed by atoms with Crippen LogP contribution in [0.5, 0.6) is 0 Å². The number of aromatic nitrogens is 1. The van der Waals surface area contributed by atoms with E-state index in [0.717, 1.165) is 5.76 Å². The second-order valence-electron chi connectivity index (χ2n) is 7.49. The number of rotatable bonds is 3. The fourth-order valence-corrected chi connectivity index (χ4v) is 3.23. The van der Waals surface area contributed by atoms with Gasteiger partial charge >= 0.3 is 0 Å². The number of furan rings is 1. The summed E-state index contributed by atoms with van der Waals surface area (Å²) in [5, 5.41) is 2.74. The number of carbonyl (C=O) groups is 2. The lowest BCUT2D eigenvalue weighted by molar-refractivity contribution is 0.0910. The SMILES string of the molecule is Cc1ccc([C@H](C)NC(=O)c2cc3c([nH]c2=O)CC(C)(C)CC3=O)o1. The molecule has 6 nitrogen and oxygen atoms in total. The molecule has 1 amide bonds. The standard InChI is InChI=1S/C19H22N2O4/c1-10-5-6-16(25-10)11(2)20-17(23)13-7-12-14(21-18(13)24)8-19(3,4)9-15(12)22/h5-7,11H,8-9H2,1-4H3,(H,20,23)(H,21,24)/t11-/m0/s1. The molecular weight excluding hydrogens is 320 g/mol. The highest BCUT2D eigenvalue weighted by atomic mass is 16.3. The number of amides is 1. The first-order valence-electron chi connectivity index (χ1n) is 8.33. The van der Waals surface area contributed by atoms with Crippen LogP contribution in [0.4, 0.5) is 0 Å². The molecule has 0 bridgehead atoms. The van der Waals surface area contributed by atoms with Crippen molar-refractivity contribution in [1.82, 2.24) is 10.3 Å². The minimum absolute atomic E-state index is 0.0498. The Labute approximate surface area is 145 Å². The molecular formula is C19H22N2O4. The highest BCUT2D eigenvalue weighted by molar-refractivity contribution is 6.02. The minimum atomic E-state index is -0.525. The van der Waals surface area contributed by atoms with Gasteiger partial charge in [-0.05, 0) is 43.9 Å². The zero-order valence-corrected chi connectivity index (χ0v) is 14.9. The highest BCUT2D eigenvalue weighted by Crippen LogP contribution is 2.33. The van der Waals surface area contributed by atoms with Crippen molar-refractivity contribution in [2.45, 2.75) is 46.6 Å². The van der Waals surface area contributed by atoms with Crippen LogP contribution in [0.3, 0.4) is 0 Å². The zero-order chi connectivity index (χ0) is 18.4. The van der Waals surface area contributed by atoms with Gasteiger partial charge in [0.15, 0.2) is 5.78 Å². The molecule has 2 N–H and O–H groups in total. The van der Waals surface area contributed by atoms with Crippen LogP contribution >= 0.6 is 0 Å². The van der Waals surface area contributed by atoms with Crippen molar-refractivity contribution in [2.75, 3.05) is 0 Å². The lowest BCUT2D eigenvalue weighted by Gasteiger charge is -2.29. The maximum absolute atomic E-state index is 12.5. The number of Topliss-reactive ketones (excluding diaryl/α,β-unsaturated/α-hetero) is 1. The molecule has 3 rings (SSSR count). The fraction of sp³-hybridized carbons (Fsp3) is 0.421. The Morgan fingerprint density at radius 3 is 2.64 bits per heavy atom. The predicted molar refractivity (Wildman–Crippen MR) is 92.8 cm³/mol. The topological polar surface area (TPSA) is 92.2 Å². The van der Waals surface area contributed by atoms with Crippen LogP contribution in [0.25, 0.3) is 0 Å². The number of fused-ring (bicyclic) bond motifs is 1. The summed E-state index contributed by atoms with van der Waals surface area (Å²) in [6.07, 6.45) is 1.00. The molecule has 0 spiro atoms. The molecule has 1 aliphatic carbocycles. The van der Waals surface area contributed by atoms with Gasteiger partial charge in [0, 0.05) is 17.7 Å². The number of pyridine rings is 1.